The van der Waals surface area contributed by atoms with Crippen molar-refractivity contribution in [3.63, 3.8) is 0 Å². The van der Waals surface area contributed by atoms with E-state index in [1.54, 1.807) is 6.08 Å². The van der Waals surface area contributed by atoms with Gasteiger partial charge in [0.25, 0.3) is 0 Å². The Labute approximate surface area is 523 Å². The van der Waals surface area contributed by atoms with Gasteiger partial charge in [0.05, 0.1) is 28.7 Å². The van der Waals surface area contributed by atoms with Crippen molar-refractivity contribution < 1.29 is 23.8 Å². The van der Waals surface area contributed by atoms with Crippen molar-refractivity contribution in [2.75, 3.05) is 61.4 Å². The molecule has 0 radical (unpaired) electrons. The van der Waals surface area contributed by atoms with Gasteiger partial charge >= 0.3 is 12.2 Å². The molecule has 3 aliphatic heterocycles. The summed E-state index contributed by atoms with van der Waals surface area (Å²) in [4.78, 5) is 41.5. The third-order valence-electron chi connectivity index (χ3n) is 14.7. The Morgan fingerprint density at radius 2 is 1.12 bits per heavy atom. The molecule has 0 bridgehead atoms. The number of anilines is 3. The van der Waals surface area contributed by atoms with Gasteiger partial charge in [-0.1, -0.05) is 89.0 Å². The van der Waals surface area contributed by atoms with Crippen molar-refractivity contribution in [2.45, 2.75) is 139 Å². The number of alkyl carbamates (subject to hydrolysis) is 2. The van der Waals surface area contributed by atoms with E-state index in [9.17, 15) is 9.59 Å². The van der Waals surface area contributed by atoms with Gasteiger partial charge in [-0.05, 0) is 190 Å². The molecule has 3 saturated heterocycles. The average Bonchev–Trinajstić information content (AvgIpc) is 2.83. The van der Waals surface area contributed by atoms with E-state index in [1.807, 2.05) is 117 Å². The quantitative estimate of drug-likeness (QED) is 0.0748. The number of hydrogen-bond acceptors (Lipinski definition) is 13. The average molecular weight is 1290 g/mol. The number of benzene rings is 4. The maximum atomic E-state index is 12.1. The molecule has 15 nitrogen and oxygen atoms in total. The smallest absolute Gasteiger partial charge is 0.407 e. The van der Waals surface area contributed by atoms with Crippen LogP contribution < -0.4 is 37.2 Å². The molecular formula is C68H94Br2N10O5. The van der Waals surface area contributed by atoms with Crippen molar-refractivity contribution in [3.05, 3.63) is 153 Å². The molecule has 1 unspecified atom stereocenters. The lowest BCUT2D eigenvalue weighted by atomic mass is 10.1. The summed E-state index contributed by atoms with van der Waals surface area (Å²) in [5, 5.41) is 12.7. The number of carbonyl (C=O) groups excluding carboxylic acids is 2. The van der Waals surface area contributed by atoms with Crippen molar-refractivity contribution >= 4 is 93.8 Å². The number of amides is 2. The Hall–Kier alpha value is -6.37. The number of pyridine rings is 3. The first-order chi connectivity index (χ1) is 40.1. The molecule has 7 N–H and O–H groups in total. The molecule has 4 aromatic carbocycles. The van der Waals surface area contributed by atoms with Gasteiger partial charge in [0.2, 0.25) is 0 Å². The maximum Gasteiger partial charge on any atom is 0.407 e. The number of fused-ring (bicyclic) bond motifs is 3. The van der Waals surface area contributed by atoms with Gasteiger partial charge in [0, 0.05) is 112 Å². The molecule has 3 aromatic heterocycles. The van der Waals surface area contributed by atoms with Gasteiger partial charge in [-0.15, -0.1) is 6.58 Å². The highest BCUT2D eigenvalue weighted by Crippen LogP contribution is 2.33. The summed E-state index contributed by atoms with van der Waals surface area (Å²) in [7, 11) is 0. The first-order valence-corrected chi connectivity index (χ1v) is 31.1. The second-order valence-electron chi connectivity index (χ2n) is 24.3. The lowest BCUT2D eigenvalue weighted by molar-refractivity contribution is 0.0487. The third kappa shape index (κ3) is 21.5. The normalized spacial score (nSPS) is 19.3. The van der Waals surface area contributed by atoms with Crippen LogP contribution in [0, 0.1) is 45.4 Å². The van der Waals surface area contributed by atoms with Crippen molar-refractivity contribution in [3.8, 4) is 0 Å². The minimum Gasteiger partial charge on any atom is -0.444 e. The summed E-state index contributed by atoms with van der Waals surface area (Å²) >= 11 is 6.81. The first-order valence-electron chi connectivity index (χ1n) is 29.5. The molecular weight excluding hydrogens is 1200 g/mol. The zero-order valence-corrected chi connectivity index (χ0v) is 56.0. The largest absolute Gasteiger partial charge is 0.444 e. The first kappa shape index (κ1) is 69.4. The summed E-state index contributed by atoms with van der Waals surface area (Å²) < 4.78 is 17.8. The fourth-order valence-corrected chi connectivity index (χ4v) is 10.7. The Morgan fingerprint density at radius 1 is 0.659 bits per heavy atom. The third-order valence-corrected chi connectivity index (χ3v) is 15.9. The summed E-state index contributed by atoms with van der Waals surface area (Å²) in [5.74, 6) is 1.38. The van der Waals surface area contributed by atoms with Crippen LogP contribution in [0.25, 0.3) is 32.7 Å². The SMILES string of the molecule is C=CC(C)OCC.C[C@@H]1CNC[C@@H]1NC(=O)OC(C)(C)C.Cc1ccc(Br)c2cccnc12.Cc1ccc(Br)cc1N.Cc1ccc(N2C[C@@H](C)[C@@H](N)C2)c2cccnc12.Cc1ccc(N2C[C@@H](C)[C@@H](NC(=O)OC(C)(C)C)C2)c2cccnc12. The summed E-state index contributed by atoms with van der Waals surface area (Å²) in [5.41, 5.74) is 22.1. The van der Waals surface area contributed by atoms with Crippen LogP contribution in [0.4, 0.5) is 26.7 Å². The van der Waals surface area contributed by atoms with Gasteiger partial charge in [0.15, 0.2) is 0 Å². The van der Waals surface area contributed by atoms with Crippen LogP contribution in [0.1, 0.15) is 98.4 Å². The van der Waals surface area contributed by atoms with Crippen LogP contribution in [-0.4, -0.2) is 108 Å². The molecule has 460 valence electrons. The van der Waals surface area contributed by atoms with E-state index in [-0.39, 0.29) is 36.4 Å². The van der Waals surface area contributed by atoms with E-state index in [2.05, 4.69) is 175 Å². The zero-order valence-electron chi connectivity index (χ0n) is 52.9. The van der Waals surface area contributed by atoms with Crippen LogP contribution in [0.15, 0.2) is 131 Å². The lowest BCUT2D eigenvalue weighted by Crippen LogP contribution is -2.42. The van der Waals surface area contributed by atoms with E-state index in [1.165, 1.54) is 38.8 Å². The Kier molecular flexibility index (Phi) is 26.4. The Morgan fingerprint density at radius 3 is 1.53 bits per heavy atom. The van der Waals surface area contributed by atoms with Gasteiger partial charge in [-0.2, -0.15) is 0 Å². The monoisotopic (exact) mass is 1290 g/mol. The fraction of sp³-hybridized carbons (Fsp3) is 0.456. The minimum atomic E-state index is -0.482. The molecule has 0 saturated carbocycles. The van der Waals surface area contributed by atoms with E-state index >= 15 is 0 Å². The number of nitrogens with one attached hydrogen (secondary N) is 3. The van der Waals surface area contributed by atoms with Gasteiger partial charge in [-0.25, -0.2) is 9.59 Å². The minimum absolute atomic E-state index is 0.0721. The molecule has 0 spiro atoms. The highest BCUT2D eigenvalue weighted by Gasteiger charge is 2.33. The molecule has 3 aliphatic rings. The van der Waals surface area contributed by atoms with E-state index in [0.29, 0.717) is 17.8 Å². The highest BCUT2D eigenvalue weighted by atomic mass is 79.9. The topological polar surface area (TPSA) is 195 Å². The predicted octanol–water partition coefficient (Wildman–Crippen LogP) is 14.6. The highest BCUT2D eigenvalue weighted by molar-refractivity contribution is 9.11. The van der Waals surface area contributed by atoms with Crippen LogP contribution in [0.3, 0.4) is 0 Å². The van der Waals surface area contributed by atoms with Crippen molar-refractivity contribution in [1.82, 2.24) is 30.9 Å². The second kappa shape index (κ2) is 32.4. The number of nitrogen functional groups attached to an aromatic ring is 1. The van der Waals surface area contributed by atoms with Crippen LogP contribution >= 0.6 is 31.9 Å². The van der Waals surface area contributed by atoms with Crippen LogP contribution in [0.2, 0.25) is 0 Å². The summed E-state index contributed by atoms with van der Waals surface area (Å²) in [6, 6.07) is 31.4. The molecule has 10 rings (SSSR count). The number of rotatable bonds is 7. The maximum absolute atomic E-state index is 12.1. The molecule has 7 aromatic rings. The van der Waals surface area contributed by atoms with E-state index < -0.39 is 11.2 Å². The fourth-order valence-electron chi connectivity index (χ4n) is 9.83. The van der Waals surface area contributed by atoms with E-state index in [0.717, 1.165) is 88.0 Å². The molecule has 6 heterocycles. The van der Waals surface area contributed by atoms with Gasteiger partial charge in [-0.3, -0.25) is 15.0 Å². The molecule has 0 aliphatic carbocycles. The molecule has 17 heteroatoms. The second-order valence-corrected chi connectivity index (χ2v) is 26.1. The number of nitrogens with two attached hydrogens (primary N) is 2. The number of hydrogen-bond donors (Lipinski definition) is 5. The van der Waals surface area contributed by atoms with Gasteiger partial charge < -0.3 is 51.4 Å². The number of carbonyl (C=O) groups is 2. The van der Waals surface area contributed by atoms with Crippen LogP contribution in [-0.2, 0) is 14.2 Å². The van der Waals surface area contributed by atoms with Gasteiger partial charge in [0.1, 0.15) is 11.2 Å². The number of aryl methyl sites for hydroxylation is 4. The molecule has 85 heavy (non-hydrogen) atoms. The van der Waals surface area contributed by atoms with Crippen LogP contribution in [0.5, 0.6) is 0 Å². The Balaban J connectivity index is 0.000000196. The number of halogens is 2. The van der Waals surface area contributed by atoms with E-state index in [4.69, 9.17) is 25.7 Å². The Bertz CT molecular complexity index is 3240. The predicted molar refractivity (Wildman–Crippen MR) is 361 cm³/mol. The standard InChI is InChI=1S/C20H27N3O2.C15H19N3.C10H8BrN.C10H20N2O2.C7H8BrN.C6H12O/c1-13-8-9-17(15-7-6-10-21-18(13)15)23-11-14(2)16(12-23)22-19(24)25-20(3,4)5;1-10-5-6-14(12-4-3-7-17-15(10)12)18-8-11(2)13(16)9-18;1-7-4-5-9(11)8-3-2-6-12-10(7)8;1-7-5-11-6-8(7)12-9(13)14-10(2,3)4;1-5-2-3-6(8)4-7(5)9;1-4-6(3)7-5-2/h6-10,14,16H,11-12H2,1-5H3,(H,22,24);3-7,11,13H,8-9,16H2,1-2H3;2-6H,1H3;7-8,11H,5-6H2,1-4H3,(H,12,13);2-4H,9H2,1H3;4,6H,1,5H2,2-3H3/t14-,16+;11-,13+;;7-,8+;;/m11.1../s1. The number of ether oxygens (including phenoxy) is 3. The summed E-state index contributed by atoms with van der Waals surface area (Å²) in [6.45, 7) is 39.7. The van der Waals surface area contributed by atoms with Crippen molar-refractivity contribution in [2.24, 2.45) is 23.5 Å². The number of nitrogens with zero attached hydrogens (tertiary/aromatic N) is 5. The molecule has 3 fully saturated rings. The number of aromatic nitrogens is 3. The van der Waals surface area contributed by atoms with Crippen molar-refractivity contribution in [1.29, 1.82) is 0 Å². The summed E-state index contributed by atoms with van der Waals surface area (Å²) in [6.07, 6.45) is 6.84. The molecule has 7 atom stereocenters. The lowest BCUT2D eigenvalue weighted by Gasteiger charge is -2.23. The molecule has 2 amide bonds. The zero-order chi connectivity index (χ0) is 62.8.